The number of rotatable bonds is 4. The van der Waals surface area contributed by atoms with Crippen LogP contribution in [0.4, 0.5) is 5.69 Å². The summed E-state index contributed by atoms with van der Waals surface area (Å²) in [6, 6.07) is 22.5. The highest BCUT2D eigenvalue weighted by Gasteiger charge is 2.13. The van der Waals surface area contributed by atoms with Gasteiger partial charge in [-0.2, -0.15) is 0 Å². The zero-order valence-electron chi connectivity index (χ0n) is 13.4. The largest absolute Gasteiger partial charge is 0.422 e. The van der Waals surface area contributed by atoms with E-state index < -0.39 is 5.63 Å². The predicted molar refractivity (Wildman–Crippen MR) is 99.3 cm³/mol. The number of carbonyl (C=O) groups is 1. The van der Waals surface area contributed by atoms with Crippen molar-refractivity contribution in [2.24, 2.45) is 0 Å². The number of fused-ring (bicyclic) bond motifs is 2. The van der Waals surface area contributed by atoms with E-state index in [1.165, 1.54) is 0 Å². The molecule has 0 aliphatic rings. The molecule has 122 valence electrons. The summed E-state index contributed by atoms with van der Waals surface area (Å²) in [5, 5.41) is 5.98. The highest BCUT2D eigenvalue weighted by molar-refractivity contribution is 6.02. The monoisotopic (exact) mass is 329 g/mol. The maximum atomic E-state index is 12.5. The zero-order chi connectivity index (χ0) is 17.2. The van der Waals surface area contributed by atoms with Crippen LogP contribution >= 0.6 is 0 Å². The number of benzene rings is 3. The number of Topliss-reactive ketones (excluding diaryl/α,β-unsaturated/α-hetero) is 1. The van der Waals surface area contributed by atoms with Crippen LogP contribution in [-0.4, -0.2) is 12.3 Å². The Kier molecular flexibility index (Phi) is 3.78. The Morgan fingerprint density at radius 3 is 2.48 bits per heavy atom. The first-order valence-corrected chi connectivity index (χ1v) is 8.00. The minimum absolute atomic E-state index is 0.0249. The number of nitrogens with one attached hydrogen (secondary N) is 1. The topological polar surface area (TPSA) is 59.3 Å². The first-order chi connectivity index (χ1) is 12.2. The van der Waals surface area contributed by atoms with E-state index in [4.69, 9.17) is 4.42 Å². The van der Waals surface area contributed by atoms with Gasteiger partial charge < -0.3 is 9.73 Å². The quantitative estimate of drug-likeness (QED) is 0.449. The lowest BCUT2D eigenvalue weighted by Crippen LogP contribution is -2.21. The second kappa shape index (κ2) is 6.24. The van der Waals surface area contributed by atoms with Gasteiger partial charge >= 0.3 is 5.63 Å². The smallest absolute Gasteiger partial charge is 0.347 e. The summed E-state index contributed by atoms with van der Waals surface area (Å²) < 4.78 is 5.23. The maximum absolute atomic E-state index is 12.5. The minimum atomic E-state index is -0.608. The van der Waals surface area contributed by atoms with Crippen molar-refractivity contribution in [3.05, 3.63) is 88.8 Å². The molecule has 0 atom stereocenters. The number of hydrogen-bond donors (Lipinski definition) is 1. The molecule has 4 heteroatoms. The van der Waals surface area contributed by atoms with Gasteiger partial charge in [0.2, 0.25) is 0 Å². The molecule has 0 unspecified atom stereocenters. The number of carbonyl (C=O) groups excluding carboxylic acids is 1. The van der Waals surface area contributed by atoms with Gasteiger partial charge in [0.25, 0.3) is 0 Å². The maximum Gasteiger partial charge on any atom is 0.347 e. The van der Waals surface area contributed by atoms with Gasteiger partial charge in [0.1, 0.15) is 11.1 Å². The van der Waals surface area contributed by atoms with Gasteiger partial charge in [-0.3, -0.25) is 4.79 Å². The third kappa shape index (κ3) is 2.90. The SMILES string of the molecule is O=C(CNc1cccc2ccccc12)c1cc2ccccc2oc1=O. The molecule has 0 aliphatic heterocycles. The van der Waals surface area contributed by atoms with Gasteiger partial charge in [0.15, 0.2) is 5.78 Å². The third-order valence-corrected chi connectivity index (χ3v) is 4.17. The molecule has 3 aromatic carbocycles. The van der Waals surface area contributed by atoms with Gasteiger partial charge in [-0.15, -0.1) is 0 Å². The molecule has 1 N–H and O–H groups in total. The van der Waals surface area contributed by atoms with E-state index in [-0.39, 0.29) is 17.9 Å². The Bertz CT molecular complexity index is 1140. The van der Waals surface area contributed by atoms with Crippen molar-refractivity contribution in [3.8, 4) is 0 Å². The molecule has 0 fully saturated rings. The van der Waals surface area contributed by atoms with Crippen molar-refractivity contribution >= 4 is 33.2 Å². The van der Waals surface area contributed by atoms with Crippen LogP contribution in [-0.2, 0) is 0 Å². The van der Waals surface area contributed by atoms with Gasteiger partial charge in [-0.05, 0) is 23.6 Å². The van der Waals surface area contributed by atoms with E-state index >= 15 is 0 Å². The van der Waals surface area contributed by atoms with E-state index in [0.717, 1.165) is 21.8 Å². The van der Waals surface area contributed by atoms with Crippen molar-refractivity contribution < 1.29 is 9.21 Å². The molecule has 1 heterocycles. The Morgan fingerprint density at radius 2 is 1.60 bits per heavy atom. The normalized spacial score (nSPS) is 10.9. The number of ketones is 1. The van der Waals surface area contributed by atoms with E-state index in [1.807, 2.05) is 54.6 Å². The van der Waals surface area contributed by atoms with Gasteiger partial charge in [-0.25, -0.2) is 4.79 Å². The van der Waals surface area contributed by atoms with Crippen LogP contribution in [0, 0.1) is 0 Å². The van der Waals surface area contributed by atoms with Crippen LogP contribution in [0.15, 0.2) is 82.0 Å². The molecule has 0 spiro atoms. The average Bonchev–Trinajstić information content (AvgIpc) is 2.65. The molecule has 0 bridgehead atoms. The Balaban J connectivity index is 1.62. The summed E-state index contributed by atoms with van der Waals surface area (Å²) in [4.78, 5) is 24.6. The summed E-state index contributed by atoms with van der Waals surface area (Å²) in [7, 11) is 0. The van der Waals surface area contributed by atoms with Crippen molar-refractivity contribution in [2.75, 3.05) is 11.9 Å². The molecule has 0 amide bonds. The molecule has 0 saturated heterocycles. The molecule has 0 aliphatic carbocycles. The molecule has 4 rings (SSSR count). The summed E-state index contributed by atoms with van der Waals surface area (Å²) in [5.74, 6) is -0.299. The minimum Gasteiger partial charge on any atom is -0.422 e. The van der Waals surface area contributed by atoms with Crippen molar-refractivity contribution in [3.63, 3.8) is 0 Å². The fourth-order valence-corrected chi connectivity index (χ4v) is 2.91. The van der Waals surface area contributed by atoms with Gasteiger partial charge in [0.05, 0.1) is 6.54 Å². The van der Waals surface area contributed by atoms with Crippen LogP contribution in [0.5, 0.6) is 0 Å². The fourth-order valence-electron chi connectivity index (χ4n) is 2.91. The Hall–Kier alpha value is -3.40. The molecule has 1 aromatic heterocycles. The molecule has 25 heavy (non-hydrogen) atoms. The van der Waals surface area contributed by atoms with Crippen LogP contribution in [0.3, 0.4) is 0 Å². The van der Waals surface area contributed by atoms with E-state index in [2.05, 4.69) is 5.32 Å². The van der Waals surface area contributed by atoms with Crippen LogP contribution in [0.2, 0.25) is 0 Å². The summed E-state index contributed by atoms with van der Waals surface area (Å²) >= 11 is 0. The van der Waals surface area contributed by atoms with Crippen molar-refractivity contribution in [2.45, 2.75) is 0 Å². The Morgan fingerprint density at radius 1 is 0.880 bits per heavy atom. The second-order valence-corrected chi connectivity index (χ2v) is 5.79. The summed E-state index contributed by atoms with van der Waals surface area (Å²) in [6.45, 7) is 0.0249. The fraction of sp³-hybridized carbons (Fsp3) is 0.0476. The van der Waals surface area contributed by atoms with Gasteiger partial charge in [0, 0.05) is 16.5 Å². The zero-order valence-corrected chi connectivity index (χ0v) is 13.4. The molecule has 0 saturated carbocycles. The van der Waals surface area contributed by atoms with Gasteiger partial charge in [-0.1, -0.05) is 54.6 Å². The summed E-state index contributed by atoms with van der Waals surface area (Å²) in [6.07, 6.45) is 0. The Labute approximate surface area is 143 Å². The molecular formula is C21H15NO3. The predicted octanol–water partition coefficient (Wildman–Crippen LogP) is 4.24. The molecule has 4 aromatic rings. The van der Waals surface area contributed by atoms with E-state index in [9.17, 15) is 9.59 Å². The van der Waals surface area contributed by atoms with E-state index in [1.54, 1.807) is 18.2 Å². The van der Waals surface area contributed by atoms with Crippen molar-refractivity contribution in [1.29, 1.82) is 0 Å². The highest BCUT2D eigenvalue weighted by Crippen LogP contribution is 2.23. The lowest BCUT2D eigenvalue weighted by Gasteiger charge is -2.09. The highest BCUT2D eigenvalue weighted by atomic mass is 16.4. The first-order valence-electron chi connectivity index (χ1n) is 8.00. The lowest BCUT2D eigenvalue weighted by atomic mass is 10.1. The standard InChI is InChI=1S/C21H15NO3/c23-19(17-12-15-7-2-4-11-20(15)25-21(17)24)13-22-18-10-5-8-14-6-1-3-9-16(14)18/h1-12,22H,13H2. The molecule has 4 nitrogen and oxygen atoms in total. The van der Waals surface area contributed by atoms with E-state index in [0.29, 0.717) is 5.58 Å². The van der Waals surface area contributed by atoms with Crippen LogP contribution in [0.25, 0.3) is 21.7 Å². The number of hydrogen-bond acceptors (Lipinski definition) is 4. The number of anilines is 1. The number of para-hydroxylation sites is 1. The first kappa shape index (κ1) is 15.1. The molecular weight excluding hydrogens is 314 g/mol. The lowest BCUT2D eigenvalue weighted by molar-refractivity contribution is 0.100. The third-order valence-electron chi connectivity index (χ3n) is 4.17. The average molecular weight is 329 g/mol. The summed E-state index contributed by atoms with van der Waals surface area (Å²) in [5.41, 5.74) is 0.789. The second-order valence-electron chi connectivity index (χ2n) is 5.79. The van der Waals surface area contributed by atoms with Crippen LogP contribution < -0.4 is 10.9 Å². The van der Waals surface area contributed by atoms with Crippen molar-refractivity contribution in [1.82, 2.24) is 0 Å². The van der Waals surface area contributed by atoms with Crippen LogP contribution in [0.1, 0.15) is 10.4 Å². The molecule has 0 radical (unpaired) electrons.